The van der Waals surface area contributed by atoms with Crippen LogP contribution in [0.2, 0.25) is 5.02 Å². The van der Waals surface area contributed by atoms with Crippen molar-refractivity contribution in [1.82, 2.24) is 10.2 Å². The Hall–Kier alpha value is -1.10. The predicted octanol–water partition coefficient (Wildman–Crippen LogP) is 2.49. The average molecular weight is 311 g/mol. The summed E-state index contributed by atoms with van der Waals surface area (Å²) in [5, 5.41) is 3.94. The van der Waals surface area contributed by atoms with Crippen molar-refractivity contribution in [3.05, 3.63) is 34.3 Å². The molecule has 1 unspecified atom stereocenters. The molecule has 1 heterocycles. The molecule has 2 rings (SSSR count). The molecule has 5 heteroatoms. The van der Waals surface area contributed by atoms with Crippen molar-refractivity contribution >= 4 is 17.5 Å². The number of carbonyl (C=O) groups excluding carboxylic acids is 1. The van der Waals surface area contributed by atoms with Crippen molar-refractivity contribution in [2.24, 2.45) is 0 Å². The normalized spacial score (nSPS) is 18.0. The number of nitrogens with zero attached hydrogens (tertiary/aromatic N) is 1. The van der Waals surface area contributed by atoms with Crippen LogP contribution < -0.4 is 5.32 Å². The van der Waals surface area contributed by atoms with Gasteiger partial charge in [-0.25, -0.2) is 0 Å². The maximum Gasteiger partial charge on any atom is 0.255 e. The molecule has 4 nitrogen and oxygen atoms in total. The predicted molar refractivity (Wildman–Crippen MR) is 85.0 cm³/mol. The zero-order chi connectivity index (χ0) is 15.2. The fourth-order valence-corrected chi connectivity index (χ4v) is 2.94. The van der Waals surface area contributed by atoms with Crippen molar-refractivity contribution < 1.29 is 9.53 Å². The summed E-state index contributed by atoms with van der Waals surface area (Å²) in [5.41, 5.74) is 1.62. The van der Waals surface area contributed by atoms with Gasteiger partial charge in [0.25, 0.3) is 5.91 Å². The van der Waals surface area contributed by atoms with Crippen LogP contribution in [0.1, 0.15) is 28.8 Å². The number of methoxy groups -OCH3 is 1. The highest BCUT2D eigenvalue weighted by molar-refractivity contribution is 6.33. The molecule has 1 saturated heterocycles. The second-order valence-electron chi connectivity index (χ2n) is 5.52. The molecule has 1 atom stereocenters. The minimum atomic E-state index is -0.0225. The zero-order valence-electron chi connectivity index (χ0n) is 12.7. The van der Waals surface area contributed by atoms with Crippen molar-refractivity contribution in [1.29, 1.82) is 0 Å². The minimum Gasteiger partial charge on any atom is -0.383 e. The van der Waals surface area contributed by atoms with E-state index in [4.69, 9.17) is 16.3 Å². The molecule has 1 N–H and O–H groups in total. The van der Waals surface area contributed by atoms with E-state index in [1.165, 1.54) is 6.42 Å². The summed E-state index contributed by atoms with van der Waals surface area (Å²) in [7, 11) is 1.65. The van der Waals surface area contributed by atoms with Crippen LogP contribution >= 0.6 is 11.6 Å². The Labute approximate surface area is 131 Å². The second kappa shape index (κ2) is 7.78. The van der Waals surface area contributed by atoms with Crippen LogP contribution in [-0.4, -0.2) is 50.2 Å². The lowest BCUT2D eigenvalue weighted by atomic mass is 10.1. The van der Waals surface area contributed by atoms with Gasteiger partial charge in [0.2, 0.25) is 0 Å². The largest absolute Gasteiger partial charge is 0.383 e. The summed E-state index contributed by atoms with van der Waals surface area (Å²) in [6.07, 6.45) is 2.28. The van der Waals surface area contributed by atoms with Gasteiger partial charge in [-0.1, -0.05) is 17.7 Å². The number of amides is 1. The van der Waals surface area contributed by atoms with Crippen molar-refractivity contribution in [2.75, 3.05) is 33.4 Å². The molecule has 116 valence electrons. The van der Waals surface area contributed by atoms with E-state index in [2.05, 4.69) is 5.32 Å². The van der Waals surface area contributed by atoms with E-state index in [-0.39, 0.29) is 5.91 Å². The number of benzene rings is 1. The van der Waals surface area contributed by atoms with E-state index in [9.17, 15) is 4.79 Å². The molecule has 0 aliphatic carbocycles. The molecule has 1 fully saturated rings. The topological polar surface area (TPSA) is 41.6 Å². The smallest absolute Gasteiger partial charge is 0.255 e. The monoisotopic (exact) mass is 310 g/mol. The van der Waals surface area contributed by atoms with E-state index in [1.54, 1.807) is 7.11 Å². The Morgan fingerprint density at radius 3 is 2.95 bits per heavy atom. The fraction of sp³-hybridized carbons (Fsp3) is 0.562. The molecule has 1 aromatic rings. The molecule has 1 amide bonds. The third-order valence-corrected chi connectivity index (χ3v) is 4.12. The van der Waals surface area contributed by atoms with Crippen LogP contribution in [0.4, 0.5) is 0 Å². The summed E-state index contributed by atoms with van der Waals surface area (Å²) in [4.78, 5) is 14.6. The van der Waals surface area contributed by atoms with Crippen molar-refractivity contribution in [3.8, 4) is 0 Å². The van der Waals surface area contributed by atoms with Gasteiger partial charge >= 0.3 is 0 Å². The third-order valence-electron chi connectivity index (χ3n) is 3.81. The van der Waals surface area contributed by atoms with E-state index >= 15 is 0 Å². The first-order valence-electron chi connectivity index (χ1n) is 7.39. The lowest BCUT2D eigenvalue weighted by molar-refractivity contribution is 0.0679. The highest BCUT2D eigenvalue weighted by Gasteiger charge is 2.23. The summed E-state index contributed by atoms with van der Waals surface area (Å²) in [6.45, 7) is 4.81. The van der Waals surface area contributed by atoms with Crippen LogP contribution in [-0.2, 0) is 4.74 Å². The Morgan fingerprint density at radius 1 is 1.52 bits per heavy atom. The van der Waals surface area contributed by atoms with E-state index in [0.717, 1.165) is 18.5 Å². The lowest BCUT2D eigenvalue weighted by Crippen LogP contribution is -2.42. The lowest BCUT2D eigenvalue weighted by Gasteiger charge is -2.26. The average Bonchev–Trinajstić information content (AvgIpc) is 2.95. The molecule has 21 heavy (non-hydrogen) atoms. The Balaban J connectivity index is 2.11. The number of rotatable bonds is 6. The first-order valence-corrected chi connectivity index (χ1v) is 7.77. The number of hydrogen-bond donors (Lipinski definition) is 1. The number of nitrogens with one attached hydrogen (secondary N) is 1. The van der Waals surface area contributed by atoms with Gasteiger partial charge in [0, 0.05) is 26.2 Å². The first-order chi connectivity index (χ1) is 10.1. The van der Waals surface area contributed by atoms with Crippen molar-refractivity contribution in [3.63, 3.8) is 0 Å². The molecule has 1 aromatic carbocycles. The SMILES string of the molecule is COCCN(CC1CCCN1)C(=O)c1ccc(C)cc1Cl. The first kappa shape index (κ1) is 16.3. The maximum atomic E-state index is 12.7. The van der Waals surface area contributed by atoms with E-state index in [0.29, 0.717) is 36.3 Å². The number of hydrogen-bond acceptors (Lipinski definition) is 3. The maximum absolute atomic E-state index is 12.7. The molecule has 0 aromatic heterocycles. The van der Waals surface area contributed by atoms with Gasteiger partial charge in [0.05, 0.1) is 17.2 Å². The van der Waals surface area contributed by atoms with Gasteiger partial charge in [-0.15, -0.1) is 0 Å². The van der Waals surface area contributed by atoms with Crippen molar-refractivity contribution in [2.45, 2.75) is 25.8 Å². The second-order valence-corrected chi connectivity index (χ2v) is 5.93. The number of ether oxygens (including phenoxy) is 1. The number of halogens is 1. The van der Waals surface area contributed by atoms with E-state index < -0.39 is 0 Å². The highest BCUT2D eigenvalue weighted by atomic mass is 35.5. The van der Waals surface area contributed by atoms with Crippen LogP contribution in [0.5, 0.6) is 0 Å². The fourth-order valence-electron chi connectivity index (χ4n) is 2.62. The van der Waals surface area contributed by atoms with Gasteiger partial charge < -0.3 is 15.0 Å². The summed E-state index contributed by atoms with van der Waals surface area (Å²) >= 11 is 6.22. The van der Waals surface area contributed by atoms with Crippen LogP contribution in [0, 0.1) is 6.92 Å². The molecule has 1 aliphatic heterocycles. The zero-order valence-corrected chi connectivity index (χ0v) is 13.4. The minimum absolute atomic E-state index is 0.0225. The standard InChI is InChI=1S/C16H23ClN2O2/c1-12-5-6-14(15(17)10-12)16(20)19(8-9-21-2)11-13-4-3-7-18-13/h5-6,10,13,18H,3-4,7-9,11H2,1-2H3. The third kappa shape index (κ3) is 4.43. The van der Waals surface area contributed by atoms with Gasteiger partial charge in [0.15, 0.2) is 0 Å². The van der Waals surface area contributed by atoms with Gasteiger partial charge in [-0.3, -0.25) is 4.79 Å². The molecule has 0 radical (unpaired) electrons. The van der Waals surface area contributed by atoms with Gasteiger partial charge in [-0.2, -0.15) is 0 Å². The molecule has 0 saturated carbocycles. The highest BCUT2D eigenvalue weighted by Crippen LogP contribution is 2.20. The van der Waals surface area contributed by atoms with E-state index in [1.807, 2.05) is 30.0 Å². The Kier molecular flexibility index (Phi) is 6.03. The Bertz CT molecular complexity index is 487. The molecular weight excluding hydrogens is 288 g/mol. The summed E-state index contributed by atoms with van der Waals surface area (Å²) in [5.74, 6) is -0.0225. The van der Waals surface area contributed by atoms with Gasteiger partial charge in [-0.05, 0) is 44.0 Å². The summed E-state index contributed by atoms with van der Waals surface area (Å²) in [6, 6.07) is 5.93. The van der Waals surface area contributed by atoms with Crippen LogP contribution in [0.25, 0.3) is 0 Å². The van der Waals surface area contributed by atoms with Crippen LogP contribution in [0.15, 0.2) is 18.2 Å². The van der Waals surface area contributed by atoms with Crippen LogP contribution in [0.3, 0.4) is 0 Å². The summed E-state index contributed by atoms with van der Waals surface area (Å²) < 4.78 is 5.12. The molecule has 0 bridgehead atoms. The molecule has 1 aliphatic rings. The Morgan fingerprint density at radius 2 is 2.33 bits per heavy atom. The molecular formula is C16H23ClN2O2. The quantitative estimate of drug-likeness (QED) is 0.877. The van der Waals surface area contributed by atoms with Gasteiger partial charge in [0.1, 0.15) is 0 Å². The molecule has 0 spiro atoms. The number of aryl methyl sites for hydroxylation is 1. The number of carbonyl (C=O) groups is 1.